The van der Waals surface area contributed by atoms with Crippen LogP contribution in [0.4, 0.5) is 15.8 Å². The third-order valence-corrected chi connectivity index (χ3v) is 3.51. The van der Waals surface area contributed by atoms with Gasteiger partial charge in [-0.05, 0) is 6.07 Å². The Morgan fingerprint density at radius 3 is 2.60 bits per heavy atom. The number of hydrogen-bond acceptors (Lipinski definition) is 5. The summed E-state index contributed by atoms with van der Waals surface area (Å²) in [4.78, 5) is 14.1. The van der Waals surface area contributed by atoms with Crippen molar-refractivity contribution in [3.8, 4) is 6.07 Å². The molecule has 2 rings (SSSR count). The number of nitriles is 1. The lowest BCUT2D eigenvalue weighted by Gasteiger charge is -2.34. The van der Waals surface area contributed by atoms with Crippen molar-refractivity contribution < 1.29 is 9.31 Å². The van der Waals surface area contributed by atoms with Crippen LogP contribution in [0.15, 0.2) is 12.1 Å². The maximum atomic E-state index is 13.3. The molecule has 1 saturated heterocycles. The van der Waals surface area contributed by atoms with Crippen molar-refractivity contribution in [2.45, 2.75) is 0 Å². The zero-order chi connectivity index (χ0) is 14.7. The summed E-state index contributed by atoms with van der Waals surface area (Å²) in [7, 11) is 0. The van der Waals surface area contributed by atoms with Gasteiger partial charge in [-0.1, -0.05) is 11.6 Å². The second kappa shape index (κ2) is 6.03. The zero-order valence-electron chi connectivity index (χ0n) is 10.6. The van der Waals surface area contributed by atoms with Crippen LogP contribution in [0.5, 0.6) is 0 Å². The molecule has 1 aliphatic heterocycles. The van der Waals surface area contributed by atoms with Crippen LogP contribution in [0.1, 0.15) is 0 Å². The predicted octanol–water partition coefficient (Wildman–Crippen LogP) is 2.03. The monoisotopic (exact) mass is 298 g/mol. The quantitative estimate of drug-likeness (QED) is 0.485. The highest BCUT2D eigenvalue weighted by molar-refractivity contribution is 6.31. The number of anilines is 1. The number of nitro groups is 1. The van der Waals surface area contributed by atoms with Crippen LogP contribution < -0.4 is 4.90 Å². The summed E-state index contributed by atoms with van der Waals surface area (Å²) in [5, 5.41) is 19.5. The van der Waals surface area contributed by atoms with E-state index >= 15 is 0 Å². The molecule has 0 radical (unpaired) electrons. The van der Waals surface area contributed by atoms with Crippen LogP contribution >= 0.6 is 11.6 Å². The summed E-state index contributed by atoms with van der Waals surface area (Å²) in [6, 6.07) is 4.20. The van der Waals surface area contributed by atoms with E-state index in [1.807, 2.05) is 4.90 Å². The standard InChI is InChI=1S/C12H12ClFN4O2/c13-9-7-11(12(18(19)20)8-10(9)14)17-5-3-16(2-1-15)4-6-17/h7-8H,2-6H2. The number of nitrogens with zero attached hydrogens (tertiary/aromatic N) is 4. The fraction of sp³-hybridized carbons (Fsp3) is 0.417. The van der Waals surface area contributed by atoms with Gasteiger partial charge in [0.1, 0.15) is 11.5 Å². The Bertz CT molecular complexity index is 567. The fourth-order valence-electron chi connectivity index (χ4n) is 2.17. The van der Waals surface area contributed by atoms with Crippen LogP contribution in [0.2, 0.25) is 5.02 Å². The molecule has 0 N–H and O–H groups in total. The minimum Gasteiger partial charge on any atom is -0.363 e. The van der Waals surface area contributed by atoms with Gasteiger partial charge in [0.2, 0.25) is 0 Å². The highest BCUT2D eigenvalue weighted by atomic mass is 35.5. The van der Waals surface area contributed by atoms with Gasteiger partial charge in [-0.3, -0.25) is 15.0 Å². The SMILES string of the molecule is N#CCN1CCN(c2cc(Cl)c(F)cc2[N+](=O)[O-])CC1. The Labute approximate surface area is 120 Å². The third kappa shape index (κ3) is 2.98. The lowest BCUT2D eigenvalue weighted by Crippen LogP contribution is -2.46. The Hall–Kier alpha value is -1.91. The van der Waals surface area contributed by atoms with Gasteiger partial charge in [-0.15, -0.1) is 0 Å². The van der Waals surface area contributed by atoms with Gasteiger partial charge in [-0.2, -0.15) is 5.26 Å². The molecule has 0 aromatic heterocycles. The minimum atomic E-state index is -0.801. The molecule has 0 unspecified atom stereocenters. The average Bonchev–Trinajstić information content (AvgIpc) is 2.42. The van der Waals surface area contributed by atoms with Crippen molar-refractivity contribution in [2.75, 3.05) is 37.6 Å². The van der Waals surface area contributed by atoms with Gasteiger partial charge >= 0.3 is 0 Å². The molecule has 6 nitrogen and oxygen atoms in total. The average molecular weight is 299 g/mol. The van der Waals surface area contributed by atoms with Crippen molar-refractivity contribution in [1.29, 1.82) is 5.26 Å². The van der Waals surface area contributed by atoms with E-state index in [1.165, 1.54) is 6.07 Å². The van der Waals surface area contributed by atoms with E-state index in [9.17, 15) is 14.5 Å². The van der Waals surface area contributed by atoms with E-state index in [0.29, 0.717) is 38.4 Å². The first-order chi connectivity index (χ1) is 9.52. The molecule has 20 heavy (non-hydrogen) atoms. The van der Waals surface area contributed by atoms with Gasteiger partial charge in [0, 0.05) is 26.2 Å². The first-order valence-electron chi connectivity index (χ1n) is 6.00. The molecule has 0 aliphatic carbocycles. The molecule has 1 aromatic rings. The second-order valence-electron chi connectivity index (χ2n) is 4.43. The van der Waals surface area contributed by atoms with E-state index in [4.69, 9.17) is 16.9 Å². The van der Waals surface area contributed by atoms with Crippen molar-refractivity contribution in [2.24, 2.45) is 0 Å². The molecule has 106 valence electrons. The number of hydrogen-bond donors (Lipinski definition) is 0. The van der Waals surface area contributed by atoms with Crippen LogP contribution in [-0.4, -0.2) is 42.5 Å². The largest absolute Gasteiger partial charge is 0.363 e. The number of piperazine rings is 1. The van der Waals surface area contributed by atoms with E-state index in [0.717, 1.165) is 6.07 Å². The maximum absolute atomic E-state index is 13.3. The van der Waals surface area contributed by atoms with Crippen molar-refractivity contribution in [3.05, 3.63) is 33.1 Å². The van der Waals surface area contributed by atoms with E-state index in [1.54, 1.807) is 4.90 Å². The topological polar surface area (TPSA) is 73.4 Å². The molecular weight excluding hydrogens is 287 g/mol. The maximum Gasteiger partial charge on any atom is 0.295 e. The summed E-state index contributed by atoms with van der Waals surface area (Å²) in [6.07, 6.45) is 0. The molecule has 0 saturated carbocycles. The Morgan fingerprint density at radius 2 is 2.05 bits per heavy atom. The number of nitro benzene ring substituents is 1. The molecule has 1 aliphatic rings. The minimum absolute atomic E-state index is 0.134. The molecular formula is C12H12ClFN4O2. The molecule has 1 heterocycles. The smallest absolute Gasteiger partial charge is 0.295 e. The van der Waals surface area contributed by atoms with E-state index in [-0.39, 0.29) is 10.7 Å². The Balaban J connectivity index is 2.23. The number of benzene rings is 1. The van der Waals surface area contributed by atoms with Crippen LogP contribution in [-0.2, 0) is 0 Å². The van der Waals surface area contributed by atoms with Crippen LogP contribution in [0.25, 0.3) is 0 Å². The number of rotatable bonds is 3. The predicted molar refractivity (Wildman–Crippen MR) is 72.3 cm³/mol. The normalized spacial score (nSPS) is 15.9. The summed E-state index contributed by atoms with van der Waals surface area (Å²) < 4.78 is 13.3. The zero-order valence-corrected chi connectivity index (χ0v) is 11.3. The van der Waals surface area contributed by atoms with Crippen LogP contribution in [0, 0.1) is 27.3 Å². The lowest BCUT2D eigenvalue weighted by atomic mass is 10.2. The van der Waals surface area contributed by atoms with E-state index in [2.05, 4.69) is 6.07 Å². The summed E-state index contributed by atoms with van der Waals surface area (Å²) in [6.45, 7) is 2.65. The lowest BCUT2D eigenvalue weighted by molar-refractivity contribution is -0.384. The highest BCUT2D eigenvalue weighted by Crippen LogP contribution is 2.33. The van der Waals surface area contributed by atoms with Gasteiger partial charge in [0.05, 0.1) is 28.6 Å². The molecule has 0 atom stereocenters. The van der Waals surface area contributed by atoms with Gasteiger partial charge < -0.3 is 4.90 Å². The van der Waals surface area contributed by atoms with Gasteiger partial charge in [-0.25, -0.2) is 4.39 Å². The third-order valence-electron chi connectivity index (χ3n) is 3.22. The van der Waals surface area contributed by atoms with Gasteiger partial charge in [0.25, 0.3) is 5.69 Å². The van der Waals surface area contributed by atoms with Crippen molar-refractivity contribution >= 4 is 23.0 Å². The molecule has 0 amide bonds. The van der Waals surface area contributed by atoms with Gasteiger partial charge in [0.15, 0.2) is 0 Å². The summed E-state index contributed by atoms with van der Waals surface area (Å²) in [5.74, 6) is -0.801. The highest BCUT2D eigenvalue weighted by Gasteiger charge is 2.25. The van der Waals surface area contributed by atoms with Crippen molar-refractivity contribution in [3.63, 3.8) is 0 Å². The Morgan fingerprint density at radius 1 is 1.40 bits per heavy atom. The fourth-order valence-corrected chi connectivity index (χ4v) is 2.33. The number of halogens is 2. The molecule has 0 bridgehead atoms. The summed E-state index contributed by atoms with van der Waals surface area (Å²) in [5.41, 5.74) is 0.0265. The summed E-state index contributed by atoms with van der Waals surface area (Å²) >= 11 is 5.71. The molecule has 1 fully saturated rings. The van der Waals surface area contributed by atoms with Crippen LogP contribution in [0.3, 0.4) is 0 Å². The molecule has 8 heteroatoms. The molecule has 0 spiro atoms. The Kier molecular flexibility index (Phi) is 4.37. The second-order valence-corrected chi connectivity index (χ2v) is 4.84. The molecule has 1 aromatic carbocycles. The van der Waals surface area contributed by atoms with E-state index < -0.39 is 10.7 Å². The first kappa shape index (κ1) is 14.5. The first-order valence-corrected chi connectivity index (χ1v) is 6.38. The van der Waals surface area contributed by atoms with Crippen molar-refractivity contribution in [1.82, 2.24) is 4.90 Å².